The van der Waals surface area contributed by atoms with E-state index < -0.39 is 0 Å². The monoisotopic (exact) mass is 439 g/mol. The van der Waals surface area contributed by atoms with Crippen molar-refractivity contribution >= 4 is 40.1 Å². The highest BCUT2D eigenvalue weighted by atomic mass is 35.5. The molecule has 1 heterocycles. The number of nitrogens with one attached hydrogen (secondary N) is 3. The van der Waals surface area contributed by atoms with E-state index in [2.05, 4.69) is 32.5 Å². The first kappa shape index (κ1) is 22.8. The number of amidine groups is 1. The van der Waals surface area contributed by atoms with Gasteiger partial charge in [0.25, 0.3) is 0 Å². The van der Waals surface area contributed by atoms with Crippen LogP contribution in [0.4, 0.5) is 5.69 Å². The fourth-order valence-electron chi connectivity index (χ4n) is 3.75. The van der Waals surface area contributed by atoms with Crippen molar-refractivity contribution in [2.24, 2.45) is 10.9 Å². The molecule has 2 atom stereocenters. The summed E-state index contributed by atoms with van der Waals surface area (Å²) in [5, 5.41) is 6.98. The Bertz CT molecular complexity index is 968. The van der Waals surface area contributed by atoms with Crippen LogP contribution in [-0.4, -0.2) is 34.8 Å². The number of hydrogen-bond acceptors (Lipinski definition) is 3. The van der Waals surface area contributed by atoms with E-state index in [9.17, 15) is 4.79 Å². The Morgan fingerprint density at radius 2 is 1.97 bits per heavy atom. The topological polar surface area (TPSA) is 82.2 Å². The van der Waals surface area contributed by atoms with Gasteiger partial charge in [-0.2, -0.15) is 0 Å². The summed E-state index contributed by atoms with van der Waals surface area (Å²) in [4.78, 5) is 23.4. The lowest BCUT2D eigenvalue weighted by Gasteiger charge is -2.27. The quantitative estimate of drug-likeness (QED) is 0.374. The molecule has 2 aromatic carbocycles. The van der Waals surface area contributed by atoms with Gasteiger partial charge in [-0.3, -0.25) is 9.79 Å². The summed E-state index contributed by atoms with van der Waals surface area (Å²) in [6.45, 7) is 2.25. The van der Waals surface area contributed by atoms with Gasteiger partial charge in [0.05, 0.1) is 23.8 Å². The highest BCUT2D eigenvalue weighted by molar-refractivity contribution is 6.30. The molecule has 0 radical (unpaired) electrons. The number of aliphatic imine (C=N–C) groups is 1. The van der Waals surface area contributed by atoms with Crippen molar-refractivity contribution in [2.45, 2.75) is 45.1 Å². The molecule has 0 bridgehead atoms. The van der Waals surface area contributed by atoms with Crippen LogP contribution < -0.4 is 10.6 Å². The van der Waals surface area contributed by atoms with Gasteiger partial charge >= 0.3 is 0 Å². The van der Waals surface area contributed by atoms with Crippen molar-refractivity contribution in [3.8, 4) is 0 Å². The zero-order valence-electron chi connectivity index (χ0n) is 18.1. The van der Waals surface area contributed by atoms with Crippen LogP contribution in [0.3, 0.4) is 0 Å². The molecule has 0 saturated heterocycles. The summed E-state index contributed by atoms with van der Waals surface area (Å²) >= 11 is 5.86. The lowest BCUT2D eigenvalue weighted by molar-refractivity contribution is -0.120. The first-order chi connectivity index (χ1) is 15.0. The molecule has 1 aliphatic carbocycles. The van der Waals surface area contributed by atoms with Crippen molar-refractivity contribution in [3.05, 3.63) is 59.9 Å². The Kier molecular flexibility index (Phi) is 8.47. The van der Waals surface area contributed by atoms with Gasteiger partial charge in [-0.05, 0) is 55.2 Å². The fraction of sp³-hybridized carbons (Fsp3) is 0.375. The summed E-state index contributed by atoms with van der Waals surface area (Å²) in [5.74, 6) is 1.38. The number of benzene rings is 2. The first-order valence-electron chi connectivity index (χ1n) is 10.7. The molecule has 6 nitrogen and oxygen atoms in total. The average molecular weight is 440 g/mol. The second-order valence-electron chi connectivity index (χ2n) is 7.93. The Labute approximate surface area is 188 Å². The lowest BCUT2D eigenvalue weighted by Crippen LogP contribution is -2.39. The van der Waals surface area contributed by atoms with E-state index in [1.165, 1.54) is 12.8 Å². The van der Waals surface area contributed by atoms with Crippen LogP contribution in [0.5, 0.6) is 0 Å². The van der Waals surface area contributed by atoms with Gasteiger partial charge < -0.3 is 15.6 Å². The van der Waals surface area contributed by atoms with Crippen LogP contribution in [0.1, 0.15) is 39.0 Å². The molecule has 1 fully saturated rings. The van der Waals surface area contributed by atoms with E-state index in [1.54, 1.807) is 25.5 Å². The summed E-state index contributed by atoms with van der Waals surface area (Å²) in [5.41, 5.74) is 3.00. The number of rotatable bonds is 4. The molecule has 0 aliphatic heterocycles. The summed E-state index contributed by atoms with van der Waals surface area (Å²) < 4.78 is 0. The number of halogens is 1. The smallest absolute Gasteiger partial charge is 0.227 e. The van der Waals surface area contributed by atoms with Crippen LogP contribution >= 0.6 is 11.6 Å². The Hall–Kier alpha value is -2.86. The number of amides is 1. The number of carbonyl (C=O) groups is 1. The number of aromatic amines is 1. The number of aromatic nitrogens is 2. The maximum Gasteiger partial charge on any atom is 0.227 e. The Morgan fingerprint density at radius 3 is 2.68 bits per heavy atom. The predicted octanol–water partition coefficient (Wildman–Crippen LogP) is 5.43. The number of fused-ring (bicyclic) bond motifs is 1. The van der Waals surface area contributed by atoms with Crippen molar-refractivity contribution < 1.29 is 4.79 Å². The molecule has 31 heavy (non-hydrogen) atoms. The van der Waals surface area contributed by atoms with Crippen LogP contribution in [0.25, 0.3) is 11.0 Å². The SMILES string of the molecule is CN=C(CC(=O)NC1CCCC(C)C1)Nc1ccc(Cl)cc1.c1ccc2[nH]cnc2c1. The molecule has 1 saturated carbocycles. The summed E-state index contributed by atoms with van der Waals surface area (Å²) in [6, 6.07) is 15.6. The van der Waals surface area contributed by atoms with Gasteiger partial charge in [-0.1, -0.05) is 43.5 Å². The van der Waals surface area contributed by atoms with Gasteiger partial charge in [0.2, 0.25) is 5.91 Å². The first-order valence-corrected chi connectivity index (χ1v) is 11.1. The van der Waals surface area contributed by atoms with E-state index in [0.717, 1.165) is 29.6 Å². The highest BCUT2D eigenvalue weighted by Gasteiger charge is 2.20. The molecule has 164 valence electrons. The lowest BCUT2D eigenvalue weighted by atomic mass is 9.87. The van der Waals surface area contributed by atoms with Gasteiger partial charge in [0.15, 0.2) is 0 Å². The van der Waals surface area contributed by atoms with E-state index >= 15 is 0 Å². The van der Waals surface area contributed by atoms with E-state index in [0.29, 0.717) is 22.8 Å². The molecule has 1 amide bonds. The third-order valence-electron chi connectivity index (χ3n) is 5.36. The minimum absolute atomic E-state index is 0.0289. The average Bonchev–Trinajstić information content (AvgIpc) is 3.24. The van der Waals surface area contributed by atoms with Crippen molar-refractivity contribution in [1.29, 1.82) is 0 Å². The number of imidazole rings is 1. The van der Waals surface area contributed by atoms with Crippen molar-refractivity contribution in [3.63, 3.8) is 0 Å². The van der Waals surface area contributed by atoms with Crippen LogP contribution in [-0.2, 0) is 4.79 Å². The predicted molar refractivity (Wildman–Crippen MR) is 129 cm³/mol. The van der Waals surface area contributed by atoms with Crippen LogP contribution in [0.2, 0.25) is 5.02 Å². The molecule has 1 aliphatic rings. The molecule has 2 unspecified atom stereocenters. The maximum absolute atomic E-state index is 12.2. The number of H-pyrrole nitrogens is 1. The Balaban J connectivity index is 0.000000248. The Morgan fingerprint density at radius 1 is 1.19 bits per heavy atom. The van der Waals surface area contributed by atoms with E-state index in [4.69, 9.17) is 11.6 Å². The normalized spacial score (nSPS) is 18.7. The number of carbonyl (C=O) groups excluding carboxylic acids is 1. The standard InChI is InChI=1S/C17H24ClN3O.C7H6N2/c1-12-4-3-5-15(10-12)21-17(22)11-16(19-2)20-14-8-6-13(18)7-9-14;1-2-4-7-6(3-1)8-5-9-7/h6-9,12,15H,3-5,10-11H2,1-2H3,(H,19,20)(H,21,22);1-5H,(H,8,9). The minimum Gasteiger partial charge on any atom is -0.353 e. The zero-order valence-corrected chi connectivity index (χ0v) is 18.8. The molecule has 1 aromatic heterocycles. The number of hydrogen-bond donors (Lipinski definition) is 3. The molecule has 3 aromatic rings. The number of nitrogens with zero attached hydrogens (tertiary/aromatic N) is 2. The molecule has 4 rings (SSSR count). The van der Waals surface area contributed by atoms with E-state index in [-0.39, 0.29) is 12.3 Å². The third kappa shape index (κ3) is 7.40. The van der Waals surface area contributed by atoms with Gasteiger partial charge in [-0.25, -0.2) is 4.98 Å². The summed E-state index contributed by atoms with van der Waals surface area (Å²) in [7, 11) is 1.69. The molecule has 0 spiro atoms. The third-order valence-corrected chi connectivity index (χ3v) is 5.61. The van der Waals surface area contributed by atoms with E-state index in [1.807, 2.05) is 36.4 Å². The van der Waals surface area contributed by atoms with Crippen LogP contribution in [0, 0.1) is 5.92 Å². The van der Waals surface area contributed by atoms with Crippen molar-refractivity contribution in [2.75, 3.05) is 12.4 Å². The van der Waals surface area contributed by atoms with Crippen LogP contribution in [0.15, 0.2) is 59.9 Å². The largest absolute Gasteiger partial charge is 0.353 e. The number of anilines is 1. The zero-order chi connectivity index (χ0) is 22.1. The molecular weight excluding hydrogens is 410 g/mol. The van der Waals surface area contributed by atoms with Gasteiger partial charge in [0.1, 0.15) is 5.84 Å². The van der Waals surface area contributed by atoms with Gasteiger partial charge in [0, 0.05) is 23.8 Å². The fourth-order valence-corrected chi connectivity index (χ4v) is 3.88. The maximum atomic E-state index is 12.2. The van der Waals surface area contributed by atoms with Gasteiger partial charge in [-0.15, -0.1) is 0 Å². The minimum atomic E-state index is 0.0289. The molecule has 7 heteroatoms. The second-order valence-corrected chi connectivity index (χ2v) is 8.37. The molecule has 3 N–H and O–H groups in total. The number of para-hydroxylation sites is 2. The second kappa shape index (κ2) is 11.5. The summed E-state index contributed by atoms with van der Waals surface area (Å²) in [6.07, 6.45) is 6.60. The highest BCUT2D eigenvalue weighted by Crippen LogP contribution is 2.23. The van der Waals surface area contributed by atoms with Crippen molar-refractivity contribution in [1.82, 2.24) is 15.3 Å². The molecular formula is C24H30ClN5O.